The van der Waals surface area contributed by atoms with Gasteiger partial charge in [-0.2, -0.15) is 0 Å². The number of halogens is 1. The normalized spacial score (nSPS) is 10.6. The van der Waals surface area contributed by atoms with Gasteiger partial charge in [-0.05, 0) is 31.2 Å². The van der Waals surface area contributed by atoms with Crippen LogP contribution in [0.2, 0.25) is 0 Å². The number of hydrogen-bond donors (Lipinski definition) is 0. The molecular formula is C16H12BrN3O4. The van der Waals surface area contributed by atoms with Crippen molar-refractivity contribution in [1.29, 1.82) is 0 Å². The maximum absolute atomic E-state index is 10.9. The topological polar surface area (TPSA) is 91.3 Å². The Morgan fingerprint density at radius 3 is 2.79 bits per heavy atom. The molecule has 0 aliphatic rings. The highest BCUT2D eigenvalue weighted by Crippen LogP contribution is 2.28. The van der Waals surface area contributed by atoms with Gasteiger partial charge >= 0.3 is 0 Å². The highest BCUT2D eigenvalue weighted by Gasteiger charge is 2.15. The van der Waals surface area contributed by atoms with Crippen molar-refractivity contribution in [3.8, 4) is 17.2 Å². The maximum Gasteiger partial charge on any atom is 0.276 e. The predicted molar refractivity (Wildman–Crippen MR) is 89.6 cm³/mol. The lowest BCUT2D eigenvalue weighted by Crippen LogP contribution is -1.99. The minimum absolute atomic E-state index is 0.00727. The van der Waals surface area contributed by atoms with E-state index in [1.54, 1.807) is 19.1 Å². The number of rotatable bonds is 5. The number of hydrogen-bond acceptors (Lipinski definition) is 6. The first-order valence-electron chi connectivity index (χ1n) is 6.99. The molecule has 24 heavy (non-hydrogen) atoms. The SMILES string of the molecule is Cc1c(OCc2nnc(-c3cccc(Br)c3)o2)cccc1[N+](=O)[O-]. The lowest BCUT2D eigenvalue weighted by Gasteiger charge is -2.06. The summed E-state index contributed by atoms with van der Waals surface area (Å²) in [5, 5.41) is 18.9. The Morgan fingerprint density at radius 2 is 2.04 bits per heavy atom. The molecule has 0 radical (unpaired) electrons. The number of nitro groups is 1. The first kappa shape index (κ1) is 16.1. The highest BCUT2D eigenvalue weighted by atomic mass is 79.9. The van der Waals surface area contributed by atoms with Crippen LogP contribution in [0.15, 0.2) is 51.4 Å². The zero-order chi connectivity index (χ0) is 17.1. The standard InChI is InChI=1S/C16H12BrN3O4/c1-10-13(20(21)22)6-3-7-14(10)23-9-15-18-19-16(24-15)11-4-2-5-12(17)8-11/h2-8H,9H2,1H3. The number of ether oxygens (including phenoxy) is 1. The van der Waals surface area contributed by atoms with E-state index in [4.69, 9.17) is 9.15 Å². The van der Waals surface area contributed by atoms with Crippen LogP contribution in [-0.4, -0.2) is 15.1 Å². The van der Waals surface area contributed by atoms with E-state index in [-0.39, 0.29) is 18.2 Å². The Hall–Kier alpha value is -2.74. The zero-order valence-electron chi connectivity index (χ0n) is 12.6. The van der Waals surface area contributed by atoms with Crippen molar-refractivity contribution in [2.45, 2.75) is 13.5 Å². The van der Waals surface area contributed by atoms with Crippen LogP contribution in [0.4, 0.5) is 5.69 Å². The molecule has 2 aromatic carbocycles. The molecule has 0 saturated carbocycles. The molecule has 0 spiro atoms. The first-order valence-corrected chi connectivity index (χ1v) is 7.79. The molecule has 0 fully saturated rings. The van der Waals surface area contributed by atoms with Crippen molar-refractivity contribution < 1.29 is 14.1 Å². The van der Waals surface area contributed by atoms with Crippen LogP contribution in [0, 0.1) is 17.0 Å². The van der Waals surface area contributed by atoms with Gasteiger partial charge in [-0.15, -0.1) is 10.2 Å². The third-order valence-corrected chi connectivity index (χ3v) is 3.84. The minimum Gasteiger partial charge on any atom is -0.483 e. The fraction of sp³-hybridized carbons (Fsp3) is 0.125. The van der Waals surface area contributed by atoms with Gasteiger partial charge in [-0.1, -0.05) is 28.1 Å². The third kappa shape index (κ3) is 3.43. The van der Waals surface area contributed by atoms with Crippen LogP contribution in [0.3, 0.4) is 0 Å². The molecule has 0 aliphatic heterocycles. The van der Waals surface area contributed by atoms with E-state index in [1.165, 1.54) is 6.07 Å². The van der Waals surface area contributed by atoms with E-state index < -0.39 is 4.92 Å². The average molecular weight is 390 g/mol. The van der Waals surface area contributed by atoms with Gasteiger partial charge < -0.3 is 9.15 Å². The molecule has 8 heteroatoms. The largest absolute Gasteiger partial charge is 0.483 e. The van der Waals surface area contributed by atoms with Crippen LogP contribution in [0.1, 0.15) is 11.5 Å². The van der Waals surface area contributed by atoms with Crippen LogP contribution < -0.4 is 4.74 Å². The molecule has 3 rings (SSSR count). The molecule has 0 saturated heterocycles. The molecule has 7 nitrogen and oxygen atoms in total. The van der Waals surface area contributed by atoms with Gasteiger partial charge in [0.15, 0.2) is 6.61 Å². The fourth-order valence-electron chi connectivity index (χ4n) is 2.15. The van der Waals surface area contributed by atoms with Gasteiger partial charge in [-0.3, -0.25) is 10.1 Å². The second-order valence-corrected chi connectivity index (χ2v) is 5.87. The second-order valence-electron chi connectivity index (χ2n) is 4.96. The quantitative estimate of drug-likeness (QED) is 0.477. The van der Waals surface area contributed by atoms with Crippen molar-refractivity contribution in [3.05, 3.63) is 68.5 Å². The molecule has 122 valence electrons. The van der Waals surface area contributed by atoms with E-state index in [9.17, 15) is 10.1 Å². The monoisotopic (exact) mass is 389 g/mol. The minimum atomic E-state index is -0.444. The summed E-state index contributed by atoms with van der Waals surface area (Å²) in [7, 11) is 0. The van der Waals surface area contributed by atoms with E-state index in [0.29, 0.717) is 17.2 Å². The summed E-state index contributed by atoms with van der Waals surface area (Å²) in [4.78, 5) is 10.5. The predicted octanol–water partition coefficient (Wildman–Crippen LogP) is 4.29. The Labute approximate surface area is 145 Å². The molecular weight excluding hydrogens is 378 g/mol. The Balaban J connectivity index is 1.75. The van der Waals surface area contributed by atoms with E-state index in [0.717, 1.165) is 10.0 Å². The smallest absolute Gasteiger partial charge is 0.276 e. The molecule has 0 amide bonds. The fourth-order valence-corrected chi connectivity index (χ4v) is 2.55. The van der Waals surface area contributed by atoms with E-state index >= 15 is 0 Å². The lowest BCUT2D eigenvalue weighted by atomic mass is 10.2. The third-order valence-electron chi connectivity index (χ3n) is 3.34. The summed E-state index contributed by atoms with van der Waals surface area (Å²) >= 11 is 3.38. The Morgan fingerprint density at radius 1 is 1.25 bits per heavy atom. The number of benzene rings is 2. The van der Waals surface area contributed by atoms with Gasteiger partial charge in [-0.25, -0.2) is 0 Å². The summed E-state index contributed by atoms with van der Waals surface area (Å²) in [5.41, 5.74) is 1.25. The van der Waals surface area contributed by atoms with Crippen molar-refractivity contribution in [2.24, 2.45) is 0 Å². The number of nitrogens with zero attached hydrogens (tertiary/aromatic N) is 3. The summed E-state index contributed by atoms with van der Waals surface area (Å²) < 4.78 is 12.0. The van der Waals surface area contributed by atoms with Gasteiger partial charge in [0.2, 0.25) is 5.89 Å². The second kappa shape index (κ2) is 6.79. The van der Waals surface area contributed by atoms with Crippen molar-refractivity contribution in [2.75, 3.05) is 0 Å². The molecule has 1 heterocycles. The Bertz CT molecular complexity index is 895. The zero-order valence-corrected chi connectivity index (χ0v) is 14.2. The summed E-state index contributed by atoms with van der Waals surface area (Å²) in [6.07, 6.45) is 0. The highest BCUT2D eigenvalue weighted by molar-refractivity contribution is 9.10. The maximum atomic E-state index is 10.9. The number of nitro benzene ring substituents is 1. The van der Waals surface area contributed by atoms with Gasteiger partial charge in [0.25, 0.3) is 11.6 Å². The van der Waals surface area contributed by atoms with E-state index in [1.807, 2.05) is 24.3 Å². The van der Waals surface area contributed by atoms with Gasteiger partial charge in [0.05, 0.1) is 10.5 Å². The van der Waals surface area contributed by atoms with Crippen LogP contribution in [0.5, 0.6) is 5.75 Å². The van der Waals surface area contributed by atoms with Crippen LogP contribution in [0.25, 0.3) is 11.5 Å². The van der Waals surface area contributed by atoms with Crippen LogP contribution >= 0.6 is 15.9 Å². The molecule has 0 aliphatic carbocycles. The van der Waals surface area contributed by atoms with E-state index in [2.05, 4.69) is 26.1 Å². The molecule has 0 N–H and O–H groups in total. The van der Waals surface area contributed by atoms with Gasteiger partial charge in [0.1, 0.15) is 5.75 Å². The molecule has 3 aromatic rings. The van der Waals surface area contributed by atoms with Gasteiger partial charge in [0, 0.05) is 16.1 Å². The van der Waals surface area contributed by atoms with Crippen molar-refractivity contribution in [3.63, 3.8) is 0 Å². The van der Waals surface area contributed by atoms with Crippen LogP contribution in [-0.2, 0) is 6.61 Å². The molecule has 0 unspecified atom stereocenters. The summed E-state index contributed by atoms with van der Waals surface area (Å²) in [6.45, 7) is 1.66. The summed E-state index contributed by atoms with van der Waals surface area (Å²) in [6, 6.07) is 12.1. The first-order chi connectivity index (χ1) is 11.5. The summed E-state index contributed by atoms with van der Waals surface area (Å²) in [5.74, 6) is 1.08. The molecule has 0 bridgehead atoms. The lowest BCUT2D eigenvalue weighted by molar-refractivity contribution is -0.385. The molecule has 1 aromatic heterocycles. The molecule has 0 atom stereocenters. The van der Waals surface area contributed by atoms with Crippen molar-refractivity contribution in [1.82, 2.24) is 10.2 Å². The number of aromatic nitrogens is 2. The Kier molecular flexibility index (Phi) is 4.57. The average Bonchev–Trinajstić information content (AvgIpc) is 3.02. The van der Waals surface area contributed by atoms with Crippen molar-refractivity contribution >= 4 is 21.6 Å².